The van der Waals surface area contributed by atoms with Crippen molar-refractivity contribution in [2.45, 2.75) is 19.4 Å². The van der Waals surface area contributed by atoms with Crippen LogP contribution in [0.15, 0.2) is 48.7 Å². The van der Waals surface area contributed by atoms with Gasteiger partial charge in [0.05, 0.1) is 10.6 Å². The third kappa shape index (κ3) is 6.06. The maximum absolute atomic E-state index is 14.4. The van der Waals surface area contributed by atoms with Gasteiger partial charge >= 0.3 is 0 Å². The van der Waals surface area contributed by atoms with E-state index in [0.29, 0.717) is 18.7 Å². The first kappa shape index (κ1) is 26.5. The molecule has 1 aromatic heterocycles. The molecular weight excluding hydrogens is 502 g/mol. The van der Waals surface area contributed by atoms with Crippen molar-refractivity contribution in [1.29, 1.82) is 0 Å². The lowest BCUT2D eigenvalue weighted by atomic mass is 10.0. The van der Waals surface area contributed by atoms with Gasteiger partial charge in [-0.2, -0.15) is 0 Å². The van der Waals surface area contributed by atoms with E-state index in [9.17, 15) is 18.4 Å². The number of ketones is 1. The number of piperazine rings is 1. The number of amides is 1. The number of likely N-dealkylation sites (N-methyl/N-ethyl adjacent to an activating group) is 1. The molecule has 4 rings (SSSR count). The number of Topliss-reactive ketones (excluding diaryl/α,β-unsaturated/α-hetero) is 1. The molecule has 2 aromatic carbocycles. The number of ether oxygens (including phenoxy) is 1. The number of pyridine rings is 1. The minimum atomic E-state index is -1.08. The van der Waals surface area contributed by atoms with E-state index in [4.69, 9.17) is 22.1 Å². The Kier molecular flexibility index (Phi) is 8.04. The first-order valence-corrected chi connectivity index (χ1v) is 12.2. The molecule has 2 heterocycles. The largest absolute Gasteiger partial charge is 0.482 e. The van der Waals surface area contributed by atoms with Gasteiger partial charge in [0.15, 0.2) is 23.2 Å². The van der Waals surface area contributed by atoms with Crippen molar-refractivity contribution in [3.63, 3.8) is 0 Å². The number of halogens is 3. The van der Waals surface area contributed by atoms with Crippen LogP contribution in [-0.4, -0.2) is 59.7 Å². The van der Waals surface area contributed by atoms with Crippen LogP contribution in [0.3, 0.4) is 0 Å². The zero-order valence-corrected chi connectivity index (χ0v) is 21.3. The molecule has 1 fully saturated rings. The van der Waals surface area contributed by atoms with E-state index in [0.717, 1.165) is 30.8 Å². The summed E-state index contributed by atoms with van der Waals surface area (Å²) in [6.45, 7) is 4.47. The Morgan fingerprint density at radius 1 is 1.08 bits per heavy atom. The maximum atomic E-state index is 14.4. The maximum Gasteiger partial charge on any atom is 0.253 e. The Bertz CT molecular complexity index is 1310. The Morgan fingerprint density at radius 3 is 2.43 bits per heavy atom. The number of carbonyl (C=O) groups is 2. The lowest BCUT2D eigenvalue weighted by Crippen LogP contribution is -2.47. The topological polar surface area (TPSA) is 88.8 Å². The molecule has 1 saturated heterocycles. The molecule has 0 unspecified atom stereocenters. The van der Waals surface area contributed by atoms with Crippen LogP contribution in [-0.2, 0) is 6.42 Å². The highest BCUT2D eigenvalue weighted by Gasteiger charge is 2.23. The zero-order valence-electron chi connectivity index (χ0n) is 20.5. The molecule has 0 bridgehead atoms. The number of nitrogen functional groups attached to an aromatic ring is 1. The lowest BCUT2D eigenvalue weighted by molar-refractivity contribution is 0.0664. The summed E-state index contributed by atoms with van der Waals surface area (Å²) in [5, 5.41) is -0.238. The van der Waals surface area contributed by atoms with E-state index in [1.165, 1.54) is 19.2 Å². The summed E-state index contributed by atoms with van der Waals surface area (Å²) in [5.41, 5.74) is 7.05. The van der Waals surface area contributed by atoms with Crippen molar-refractivity contribution in [2.75, 3.05) is 39.0 Å². The van der Waals surface area contributed by atoms with Gasteiger partial charge in [0.1, 0.15) is 11.9 Å². The number of rotatable bonds is 7. The van der Waals surface area contributed by atoms with Crippen molar-refractivity contribution < 1.29 is 23.1 Å². The number of nitrogens with zero attached hydrogens (tertiary/aromatic N) is 3. The zero-order chi connectivity index (χ0) is 26.7. The second kappa shape index (κ2) is 11.2. The number of anilines is 1. The molecule has 1 atom stereocenters. The summed E-state index contributed by atoms with van der Waals surface area (Å²) >= 11 is 5.78. The highest BCUT2D eigenvalue weighted by molar-refractivity contribution is 6.30. The van der Waals surface area contributed by atoms with Gasteiger partial charge in [-0.15, -0.1) is 0 Å². The normalized spacial score (nSPS) is 14.9. The number of hydrogen-bond donors (Lipinski definition) is 1. The van der Waals surface area contributed by atoms with Gasteiger partial charge in [0.25, 0.3) is 5.91 Å². The van der Waals surface area contributed by atoms with Crippen LogP contribution in [0.2, 0.25) is 5.02 Å². The highest BCUT2D eigenvalue weighted by atomic mass is 35.5. The Labute approximate surface area is 218 Å². The molecule has 1 aliphatic heterocycles. The second-order valence-corrected chi connectivity index (χ2v) is 9.42. The minimum Gasteiger partial charge on any atom is -0.482 e. The van der Waals surface area contributed by atoms with Gasteiger partial charge in [-0.1, -0.05) is 23.7 Å². The van der Waals surface area contributed by atoms with Crippen LogP contribution < -0.4 is 10.5 Å². The van der Waals surface area contributed by atoms with E-state index in [-0.39, 0.29) is 45.8 Å². The van der Waals surface area contributed by atoms with Crippen molar-refractivity contribution >= 4 is 29.1 Å². The van der Waals surface area contributed by atoms with Gasteiger partial charge in [0.2, 0.25) is 0 Å². The summed E-state index contributed by atoms with van der Waals surface area (Å²) in [4.78, 5) is 33.7. The molecule has 0 spiro atoms. The number of carbonyl (C=O) groups excluding carboxylic acids is 2. The fourth-order valence-electron chi connectivity index (χ4n) is 4.11. The number of nitrogens with two attached hydrogens (primary N) is 1. The monoisotopic (exact) mass is 528 g/mol. The van der Waals surface area contributed by atoms with Crippen molar-refractivity contribution in [3.05, 3.63) is 87.6 Å². The molecule has 1 amide bonds. The first-order chi connectivity index (χ1) is 17.6. The van der Waals surface area contributed by atoms with Gasteiger partial charge in [0, 0.05) is 49.9 Å². The molecule has 1 aliphatic rings. The molecule has 0 saturated carbocycles. The average molecular weight is 529 g/mol. The van der Waals surface area contributed by atoms with Gasteiger partial charge in [-0.3, -0.25) is 9.59 Å². The Morgan fingerprint density at radius 2 is 1.76 bits per heavy atom. The van der Waals surface area contributed by atoms with Crippen LogP contribution in [0.4, 0.5) is 14.6 Å². The Balaban J connectivity index is 1.44. The van der Waals surface area contributed by atoms with Gasteiger partial charge in [-0.05, 0) is 49.9 Å². The van der Waals surface area contributed by atoms with Crippen LogP contribution in [0.1, 0.15) is 44.9 Å². The summed E-state index contributed by atoms with van der Waals surface area (Å²) < 4.78 is 34.3. The molecular formula is C27H27ClF2N4O3. The number of benzene rings is 2. The third-order valence-corrected chi connectivity index (χ3v) is 6.64. The fraction of sp³-hybridized carbons (Fsp3) is 0.296. The average Bonchev–Trinajstić information content (AvgIpc) is 2.88. The smallest absolute Gasteiger partial charge is 0.253 e. The van der Waals surface area contributed by atoms with E-state index >= 15 is 0 Å². The molecule has 2 N–H and O–H groups in total. The minimum absolute atomic E-state index is 0.0187. The Hall–Kier alpha value is -3.56. The van der Waals surface area contributed by atoms with Crippen LogP contribution in [0.25, 0.3) is 0 Å². The summed E-state index contributed by atoms with van der Waals surface area (Å²) in [7, 11) is 2.03. The van der Waals surface area contributed by atoms with E-state index in [1.807, 2.05) is 11.9 Å². The van der Waals surface area contributed by atoms with Crippen LogP contribution >= 0.6 is 11.6 Å². The molecule has 10 heteroatoms. The van der Waals surface area contributed by atoms with E-state index in [2.05, 4.69) is 9.88 Å². The molecule has 37 heavy (non-hydrogen) atoms. The van der Waals surface area contributed by atoms with Crippen molar-refractivity contribution in [2.24, 2.45) is 0 Å². The SMILES string of the molecule is C[C@@H](Oc1cc(C(=O)Cc2ccc(C(=O)N3CCN(C)CC3)cc2)cnc1N)c1c(F)ccc(Cl)c1F. The summed E-state index contributed by atoms with van der Waals surface area (Å²) in [5.74, 6) is -2.05. The highest BCUT2D eigenvalue weighted by Crippen LogP contribution is 2.32. The first-order valence-electron chi connectivity index (χ1n) is 11.8. The number of hydrogen-bond acceptors (Lipinski definition) is 6. The van der Waals surface area contributed by atoms with Gasteiger partial charge < -0.3 is 20.3 Å². The molecule has 194 valence electrons. The van der Waals surface area contributed by atoms with Gasteiger partial charge in [-0.25, -0.2) is 13.8 Å². The summed E-state index contributed by atoms with van der Waals surface area (Å²) in [6, 6.07) is 10.5. The molecule has 3 aromatic rings. The van der Waals surface area contributed by atoms with Crippen LogP contribution in [0, 0.1) is 11.6 Å². The molecule has 7 nitrogen and oxygen atoms in total. The summed E-state index contributed by atoms with van der Waals surface area (Å²) in [6.07, 6.45) is 0.292. The quantitative estimate of drug-likeness (QED) is 0.357. The molecule has 0 aliphatic carbocycles. The predicted molar refractivity (Wildman–Crippen MR) is 137 cm³/mol. The number of aromatic nitrogens is 1. The standard InChI is InChI=1S/C27H27ClF2N4O3/c1-16(24-21(29)8-7-20(28)25(24)30)37-23-14-19(15-32-26(23)31)22(35)13-17-3-5-18(6-4-17)27(36)34-11-9-33(2)10-12-34/h3-8,14-16H,9-13H2,1-2H3,(H2,31,32)/t16-/m1/s1. The van der Waals surface area contributed by atoms with E-state index < -0.39 is 17.7 Å². The van der Waals surface area contributed by atoms with Crippen LogP contribution in [0.5, 0.6) is 5.75 Å². The lowest BCUT2D eigenvalue weighted by Gasteiger charge is -2.32. The van der Waals surface area contributed by atoms with E-state index in [1.54, 1.807) is 24.3 Å². The molecule has 0 radical (unpaired) electrons. The van der Waals surface area contributed by atoms with Crippen molar-refractivity contribution in [1.82, 2.24) is 14.8 Å². The predicted octanol–water partition coefficient (Wildman–Crippen LogP) is 4.55. The fourth-order valence-corrected chi connectivity index (χ4v) is 4.28. The second-order valence-electron chi connectivity index (χ2n) is 9.02. The third-order valence-electron chi connectivity index (χ3n) is 6.35. The van der Waals surface area contributed by atoms with Crippen molar-refractivity contribution in [3.8, 4) is 5.75 Å².